The number of hydrogen-bond donors (Lipinski definition) is 3. The largest absolute Gasteiger partial charge is 0.395 e. The SMILES string of the molecule is O=C(CCCCC1CCSS1)NCC(=O)NCCO. The molecule has 0 aromatic heterocycles. The van der Waals surface area contributed by atoms with Gasteiger partial charge in [-0.25, -0.2) is 0 Å². The Morgan fingerprint density at radius 1 is 1.21 bits per heavy atom. The fourth-order valence-corrected chi connectivity index (χ4v) is 4.77. The van der Waals surface area contributed by atoms with E-state index >= 15 is 0 Å². The van der Waals surface area contributed by atoms with Crippen molar-refractivity contribution in [2.75, 3.05) is 25.4 Å². The van der Waals surface area contributed by atoms with Crippen molar-refractivity contribution >= 4 is 33.4 Å². The zero-order valence-electron chi connectivity index (χ0n) is 11.0. The summed E-state index contributed by atoms with van der Waals surface area (Å²) in [5.41, 5.74) is 0. The van der Waals surface area contributed by atoms with Crippen LogP contribution in [0.25, 0.3) is 0 Å². The molecule has 1 heterocycles. The van der Waals surface area contributed by atoms with Crippen LogP contribution in [-0.2, 0) is 9.59 Å². The van der Waals surface area contributed by atoms with E-state index in [4.69, 9.17) is 5.11 Å². The number of amides is 2. The van der Waals surface area contributed by atoms with Gasteiger partial charge in [-0.2, -0.15) is 0 Å². The highest BCUT2D eigenvalue weighted by molar-refractivity contribution is 8.77. The summed E-state index contributed by atoms with van der Waals surface area (Å²) in [6.07, 6.45) is 4.90. The van der Waals surface area contributed by atoms with E-state index in [1.165, 1.54) is 18.6 Å². The summed E-state index contributed by atoms with van der Waals surface area (Å²) >= 11 is 0. The number of hydrogen-bond acceptors (Lipinski definition) is 5. The van der Waals surface area contributed by atoms with Gasteiger partial charge in [0.15, 0.2) is 0 Å². The number of carbonyl (C=O) groups is 2. The first-order chi connectivity index (χ1) is 9.22. The van der Waals surface area contributed by atoms with Gasteiger partial charge in [-0.05, 0) is 19.3 Å². The van der Waals surface area contributed by atoms with Crippen LogP contribution in [0.2, 0.25) is 0 Å². The molecular formula is C12H22N2O3S2. The Hall–Kier alpha value is -0.400. The van der Waals surface area contributed by atoms with Crippen molar-refractivity contribution in [1.82, 2.24) is 10.6 Å². The molecule has 3 N–H and O–H groups in total. The van der Waals surface area contributed by atoms with Gasteiger partial charge in [0.1, 0.15) is 0 Å². The summed E-state index contributed by atoms with van der Waals surface area (Å²) in [6.45, 7) is 0.136. The molecule has 1 aliphatic rings. The number of rotatable bonds is 9. The molecule has 2 amide bonds. The molecule has 1 rings (SSSR count). The minimum atomic E-state index is -0.262. The molecule has 1 unspecified atom stereocenters. The van der Waals surface area contributed by atoms with Crippen LogP contribution in [0.5, 0.6) is 0 Å². The highest BCUT2D eigenvalue weighted by Crippen LogP contribution is 2.39. The Kier molecular flexibility index (Phi) is 9.11. The summed E-state index contributed by atoms with van der Waals surface area (Å²) in [7, 11) is 3.91. The number of carbonyl (C=O) groups excluding carboxylic acids is 2. The maximum absolute atomic E-state index is 11.5. The van der Waals surface area contributed by atoms with Gasteiger partial charge in [0.05, 0.1) is 13.2 Å². The predicted molar refractivity (Wildman–Crippen MR) is 80.0 cm³/mol. The molecule has 0 radical (unpaired) electrons. The Morgan fingerprint density at radius 2 is 2.05 bits per heavy atom. The van der Waals surface area contributed by atoms with E-state index in [-0.39, 0.29) is 31.5 Å². The second kappa shape index (κ2) is 10.4. The molecule has 1 saturated heterocycles. The van der Waals surface area contributed by atoms with Crippen molar-refractivity contribution in [2.24, 2.45) is 0 Å². The molecule has 0 aromatic carbocycles. The second-order valence-electron chi connectivity index (χ2n) is 4.42. The van der Waals surface area contributed by atoms with Gasteiger partial charge in [-0.3, -0.25) is 9.59 Å². The predicted octanol–water partition coefficient (Wildman–Crippen LogP) is 0.925. The van der Waals surface area contributed by atoms with Crippen molar-refractivity contribution in [2.45, 2.75) is 37.4 Å². The summed E-state index contributed by atoms with van der Waals surface area (Å²) in [6, 6.07) is 0. The fourth-order valence-electron chi connectivity index (χ4n) is 1.75. The lowest BCUT2D eigenvalue weighted by molar-refractivity contribution is -0.126. The summed E-state index contributed by atoms with van der Waals surface area (Å²) < 4.78 is 0. The van der Waals surface area contributed by atoms with E-state index in [9.17, 15) is 9.59 Å². The summed E-state index contributed by atoms with van der Waals surface area (Å²) in [5, 5.41) is 14.3. The topological polar surface area (TPSA) is 78.4 Å². The van der Waals surface area contributed by atoms with Crippen LogP contribution in [0.1, 0.15) is 32.1 Å². The lowest BCUT2D eigenvalue weighted by atomic mass is 10.1. The minimum absolute atomic E-state index is 0.00600. The van der Waals surface area contributed by atoms with Crippen LogP contribution in [0.3, 0.4) is 0 Å². The average molecular weight is 306 g/mol. The summed E-state index contributed by atoms with van der Waals surface area (Å²) in [5.74, 6) is 0.910. The van der Waals surface area contributed by atoms with Crippen LogP contribution >= 0.6 is 21.6 Å². The third kappa shape index (κ3) is 8.39. The second-order valence-corrected chi connectivity index (χ2v) is 7.21. The Morgan fingerprint density at radius 3 is 2.74 bits per heavy atom. The highest BCUT2D eigenvalue weighted by Gasteiger charge is 2.15. The first-order valence-corrected chi connectivity index (χ1v) is 9.03. The zero-order chi connectivity index (χ0) is 13.9. The number of unbranched alkanes of at least 4 members (excludes halogenated alkanes) is 1. The van der Waals surface area contributed by atoms with Gasteiger partial charge in [-0.1, -0.05) is 28.0 Å². The van der Waals surface area contributed by atoms with Crippen LogP contribution in [0.4, 0.5) is 0 Å². The molecule has 0 spiro atoms. The van der Waals surface area contributed by atoms with Gasteiger partial charge in [-0.15, -0.1) is 0 Å². The molecule has 5 nitrogen and oxygen atoms in total. The lowest BCUT2D eigenvalue weighted by Gasteiger charge is -2.07. The maximum Gasteiger partial charge on any atom is 0.239 e. The Bertz CT molecular complexity index is 284. The minimum Gasteiger partial charge on any atom is -0.395 e. The van der Waals surface area contributed by atoms with E-state index in [1.807, 2.05) is 21.6 Å². The van der Waals surface area contributed by atoms with E-state index < -0.39 is 0 Å². The molecular weight excluding hydrogens is 284 g/mol. The Labute approximate surface area is 122 Å². The maximum atomic E-state index is 11.5. The molecule has 0 saturated carbocycles. The number of aliphatic hydroxyl groups is 1. The first kappa shape index (κ1) is 16.7. The van der Waals surface area contributed by atoms with Crippen molar-refractivity contribution in [1.29, 1.82) is 0 Å². The van der Waals surface area contributed by atoms with E-state index in [2.05, 4.69) is 10.6 Å². The highest BCUT2D eigenvalue weighted by atomic mass is 33.1. The molecule has 0 aromatic rings. The lowest BCUT2D eigenvalue weighted by Crippen LogP contribution is -2.37. The Balaban J connectivity index is 1.93. The molecule has 110 valence electrons. The van der Waals surface area contributed by atoms with Crippen LogP contribution in [0, 0.1) is 0 Å². The quantitative estimate of drug-likeness (QED) is 0.436. The molecule has 1 atom stereocenters. The molecule has 0 bridgehead atoms. The van der Waals surface area contributed by atoms with Gasteiger partial charge >= 0.3 is 0 Å². The van der Waals surface area contributed by atoms with Gasteiger partial charge < -0.3 is 15.7 Å². The van der Waals surface area contributed by atoms with Crippen LogP contribution in [-0.4, -0.2) is 47.6 Å². The molecule has 0 aliphatic carbocycles. The zero-order valence-corrected chi connectivity index (χ0v) is 12.7. The average Bonchev–Trinajstić information content (AvgIpc) is 2.92. The van der Waals surface area contributed by atoms with Crippen LogP contribution in [0.15, 0.2) is 0 Å². The third-order valence-electron chi connectivity index (χ3n) is 2.79. The van der Waals surface area contributed by atoms with E-state index in [0.29, 0.717) is 6.42 Å². The van der Waals surface area contributed by atoms with Gasteiger partial charge in [0.25, 0.3) is 0 Å². The molecule has 1 aliphatic heterocycles. The smallest absolute Gasteiger partial charge is 0.239 e. The van der Waals surface area contributed by atoms with Crippen LogP contribution < -0.4 is 10.6 Å². The van der Waals surface area contributed by atoms with Crippen molar-refractivity contribution in [3.8, 4) is 0 Å². The normalized spacial score (nSPS) is 18.3. The number of aliphatic hydroxyl groups excluding tert-OH is 1. The van der Waals surface area contributed by atoms with Gasteiger partial charge in [0, 0.05) is 24.0 Å². The first-order valence-electron chi connectivity index (χ1n) is 6.65. The summed E-state index contributed by atoms with van der Waals surface area (Å²) in [4.78, 5) is 22.6. The van der Waals surface area contributed by atoms with Gasteiger partial charge in [0.2, 0.25) is 11.8 Å². The van der Waals surface area contributed by atoms with Crippen molar-refractivity contribution in [3.63, 3.8) is 0 Å². The standard InChI is InChI=1S/C12H22N2O3S2/c15-7-6-13-12(17)9-14-11(16)4-2-1-3-10-5-8-18-19-10/h10,15H,1-9H2,(H,13,17)(H,14,16). The van der Waals surface area contributed by atoms with E-state index in [0.717, 1.165) is 18.1 Å². The molecule has 7 heteroatoms. The monoisotopic (exact) mass is 306 g/mol. The fraction of sp³-hybridized carbons (Fsp3) is 0.833. The van der Waals surface area contributed by atoms with Crippen molar-refractivity contribution in [3.05, 3.63) is 0 Å². The number of nitrogens with one attached hydrogen (secondary N) is 2. The third-order valence-corrected chi connectivity index (χ3v) is 5.79. The molecule has 19 heavy (non-hydrogen) atoms. The van der Waals surface area contributed by atoms with E-state index in [1.54, 1.807) is 0 Å². The molecule has 1 fully saturated rings. The van der Waals surface area contributed by atoms with Crippen molar-refractivity contribution < 1.29 is 14.7 Å².